The van der Waals surface area contributed by atoms with Crippen LogP contribution in [0.3, 0.4) is 0 Å². The number of ether oxygens (including phenoxy) is 1. The van der Waals surface area contributed by atoms with Crippen molar-refractivity contribution in [2.45, 2.75) is 57.8 Å². The first-order valence-corrected chi connectivity index (χ1v) is 9.12. The van der Waals surface area contributed by atoms with Crippen molar-refractivity contribution in [2.24, 2.45) is 0 Å². The molecule has 0 radical (unpaired) electrons. The molecule has 0 fully saturated rings. The van der Waals surface area contributed by atoms with E-state index in [1.54, 1.807) is 0 Å². The van der Waals surface area contributed by atoms with Crippen LogP contribution in [0.2, 0.25) is 18.1 Å². The minimum Gasteiger partial charge on any atom is -0.497 e. The molecule has 0 spiro atoms. The number of ketones is 1. The van der Waals surface area contributed by atoms with Gasteiger partial charge < -0.3 is 9.16 Å². The summed E-state index contributed by atoms with van der Waals surface area (Å²) in [6, 6.07) is 0. The van der Waals surface area contributed by atoms with E-state index in [-0.39, 0.29) is 16.9 Å². The molecule has 98 valence electrons. The van der Waals surface area contributed by atoms with Gasteiger partial charge >= 0.3 is 0 Å². The lowest BCUT2D eigenvalue weighted by Gasteiger charge is -2.36. The molecule has 17 heavy (non-hydrogen) atoms. The molecule has 1 heterocycles. The SMILES string of the molecule is CC(C)(C)[Si](C)(C)OCC[C@H]1CC(=O)C=CO1. The maximum atomic E-state index is 11.2. The number of hydrogen-bond donors (Lipinski definition) is 0. The van der Waals surface area contributed by atoms with Gasteiger partial charge in [-0.2, -0.15) is 0 Å². The zero-order valence-electron chi connectivity index (χ0n) is 11.6. The fourth-order valence-electron chi connectivity index (χ4n) is 1.40. The number of hydrogen-bond acceptors (Lipinski definition) is 3. The fourth-order valence-corrected chi connectivity index (χ4v) is 2.46. The first kappa shape index (κ1) is 14.4. The van der Waals surface area contributed by atoms with Crippen LogP contribution < -0.4 is 0 Å². The van der Waals surface area contributed by atoms with E-state index in [0.717, 1.165) is 6.42 Å². The molecule has 0 saturated heterocycles. The van der Waals surface area contributed by atoms with E-state index in [9.17, 15) is 4.79 Å². The Labute approximate surface area is 105 Å². The van der Waals surface area contributed by atoms with Gasteiger partial charge in [-0.1, -0.05) is 20.8 Å². The molecule has 0 aromatic heterocycles. The molecule has 0 unspecified atom stereocenters. The van der Waals surface area contributed by atoms with Crippen LogP contribution in [-0.4, -0.2) is 26.8 Å². The third-order valence-corrected chi connectivity index (χ3v) is 8.20. The van der Waals surface area contributed by atoms with E-state index in [4.69, 9.17) is 9.16 Å². The summed E-state index contributed by atoms with van der Waals surface area (Å²) in [7, 11) is -1.66. The smallest absolute Gasteiger partial charge is 0.191 e. The molecule has 1 rings (SSSR count). The molecule has 4 heteroatoms. The van der Waals surface area contributed by atoms with E-state index < -0.39 is 8.32 Å². The lowest BCUT2D eigenvalue weighted by molar-refractivity contribution is -0.118. The van der Waals surface area contributed by atoms with Crippen LogP contribution >= 0.6 is 0 Å². The van der Waals surface area contributed by atoms with Crippen molar-refractivity contribution in [1.82, 2.24) is 0 Å². The maximum absolute atomic E-state index is 11.2. The second-order valence-electron chi connectivity index (χ2n) is 6.13. The Morgan fingerprint density at radius 2 is 2.12 bits per heavy atom. The lowest BCUT2D eigenvalue weighted by atomic mass is 10.1. The van der Waals surface area contributed by atoms with E-state index in [1.165, 1.54) is 12.3 Å². The van der Waals surface area contributed by atoms with Gasteiger partial charge in [-0.15, -0.1) is 0 Å². The van der Waals surface area contributed by atoms with Gasteiger partial charge in [-0.05, 0) is 18.1 Å². The molecule has 0 aromatic carbocycles. The molecule has 0 N–H and O–H groups in total. The van der Waals surface area contributed by atoms with Gasteiger partial charge in [-0.3, -0.25) is 4.79 Å². The monoisotopic (exact) mass is 256 g/mol. The predicted octanol–water partition coefficient (Wildman–Crippen LogP) is 3.27. The second kappa shape index (κ2) is 5.36. The Morgan fingerprint density at radius 1 is 1.47 bits per heavy atom. The van der Waals surface area contributed by atoms with Crippen molar-refractivity contribution in [3.8, 4) is 0 Å². The molecule has 0 amide bonds. The highest BCUT2D eigenvalue weighted by Gasteiger charge is 2.37. The molecular formula is C13H24O3Si. The van der Waals surface area contributed by atoms with E-state index in [2.05, 4.69) is 33.9 Å². The third-order valence-electron chi connectivity index (χ3n) is 3.66. The van der Waals surface area contributed by atoms with Gasteiger partial charge in [0.25, 0.3) is 0 Å². The normalized spacial score (nSPS) is 21.5. The average molecular weight is 256 g/mol. The standard InChI is InChI=1S/C13H24O3Si/c1-13(2,3)17(4,5)16-9-7-12-10-11(14)6-8-15-12/h6,8,12H,7,9-10H2,1-5H3/t12-/m0/s1. The Balaban J connectivity index is 2.33. The molecule has 0 aliphatic carbocycles. The van der Waals surface area contributed by atoms with Crippen LogP contribution in [0.5, 0.6) is 0 Å². The minimum atomic E-state index is -1.66. The van der Waals surface area contributed by atoms with Crippen LogP contribution in [0.4, 0.5) is 0 Å². The van der Waals surface area contributed by atoms with Gasteiger partial charge in [0.1, 0.15) is 6.10 Å². The summed E-state index contributed by atoms with van der Waals surface area (Å²) in [5, 5.41) is 0.232. The van der Waals surface area contributed by atoms with Gasteiger partial charge in [0.05, 0.1) is 6.26 Å². The van der Waals surface area contributed by atoms with Crippen molar-refractivity contribution in [2.75, 3.05) is 6.61 Å². The van der Waals surface area contributed by atoms with E-state index in [0.29, 0.717) is 13.0 Å². The largest absolute Gasteiger partial charge is 0.497 e. The number of allylic oxidation sites excluding steroid dienone is 1. The van der Waals surface area contributed by atoms with Gasteiger partial charge in [0.15, 0.2) is 14.1 Å². The van der Waals surface area contributed by atoms with E-state index >= 15 is 0 Å². The summed E-state index contributed by atoms with van der Waals surface area (Å²) in [6.45, 7) is 11.8. The highest BCUT2D eigenvalue weighted by molar-refractivity contribution is 6.74. The average Bonchev–Trinajstić information content (AvgIpc) is 2.15. The van der Waals surface area contributed by atoms with Crippen LogP contribution in [0.15, 0.2) is 12.3 Å². The van der Waals surface area contributed by atoms with Crippen molar-refractivity contribution in [3.05, 3.63) is 12.3 Å². The van der Waals surface area contributed by atoms with Crippen LogP contribution in [0.1, 0.15) is 33.6 Å². The van der Waals surface area contributed by atoms with Crippen molar-refractivity contribution in [3.63, 3.8) is 0 Å². The highest BCUT2D eigenvalue weighted by atomic mass is 28.4. The topological polar surface area (TPSA) is 35.5 Å². The first-order valence-electron chi connectivity index (χ1n) is 6.21. The minimum absolute atomic E-state index is 0.00253. The zero-order valence-corrected chi connectivity index (χ0v) is 12.6. The third kappa shape index (κ3) is 4.28. The van der Waals surface area contributed by atoms with Gasteiger partial charge in [0.2, 0.25) is 0 Å². The molecule has 1 atom stereocenters. The molecule has 0 aromatic rings. The summed E-state index contributed by atoms with van der Waals surface area (Å²) >= 11 is 0. The first-order chi connectivity index (χ1) is 7.72. The van der Waals surface area contributed by atoms with Crippen molar-refractivity contribution >= 4 is 14.1 Å². The van der Waals surface area contributed by atoms with Gasteiger partial charge in [0, 0.05) is 25.5 Å². The molecule has 1 aliphatic heterocycles. The predicted molar refractivity (Wildman–Crippen MR) is 71.4 cm³/mol. The number of carbonyl (C=O) groups is 1. The Hall–Kier alpha value is -0.613. The fraction of sp³-hybridized carbons (Fsp3) is 0.769. The number of carbonyl (C=O) groups excluding carboxylic acids is 1. The second-order valence-corrected chi connectivity index (χ2v) is 10.9. The van der Waals surface area contributed by atoms with Crippen LogP contribution in [0, 0.1) is 0 Å². The molecule has 0 saturated carbocycles. The molecule has 1 aliphatic rings. The van der Waals surface area contributed by atoms with Crippen LogP contribution in [-0.2, 0) is 14.0 Å². The van der Waals surface area contributed by atoms with E-state index in [1.807, 2.05) is 0 Å². The zero-order chi connectivity index (χ0) is 13.1. The molecule has 3 nitrogen and oxygen atoms in total. The highest BCUT2D eigenvalue weighted by Crippen LogP contribution is 2.36. The summed E-state index contributed by atoms with van der Waals surface area (Å²) < 4.78 is 11.4. The number of rotatable bonds is 4. The summed E-state index contributed by atoms with van der Waals surface area (Å²) in [5.74, 6) is 0.147. The quantitative estimate of drug-likeness (QED) is 0.724. The summed E-state index contributed by atoms with van der Waals surface area (Å²) in [5.41, 5.74) is 0. The Bertz CT molecular complexity index is 302. The lowest BCUT2D eigenvalue weighted by Crippen LogP contribution is -2.41. The summed E-state index contributed by atoms with van der Waals surface area (Å²) in [6.07, 6.45) is 4.27. The molecular weight excluding hydrogens is 232 g/mol. The Kier molecular flexibility index (Phi) is 4.55. The van der Waals surface area contributed by atoms with Crippen LogP contribution in [0.25, 0.3) is 0 Å². The van der Waals surface area contributed by atoms with Crippen molar-refractivity contribution in [1.29, 1.82) is 0 Å². The van der Waals surface area contributed by atoms with Gasteiger partial charge in [-0.25, -0.2) is 0 Å². The molecule has 0 bridgehead atoms. The maximum Gasteiger partial charge on any atom is 0.191 e. The summed E-state index contributed by atoms with van der Waals surface area (Å²) in [4.78, 5) is 11.2. The Morgan fingerprint density at radius 3 is 2.65 bits per heavy atom. The van der Waals surface area contributed by atoms with Crippen molar-refractivity contribution < 1.29 is 14.0 Å².